The fourth-order valence-electron chi connectivity index (χ4n) is 9.75. The summed E-state index contributed by atoms with van der Waals surface area (Å²) in [5.74, 6) is 1.52. The largest absolute Gasteiger partial charge is 0.294 e. The Labute approximate surface area is 367 Å². The lowest BCUT2D eigenvalue weighted by Gasteiger charge is -2.14. The Morgan fingerprint density at radius 3 is 1.67 bits per heavy atom. The van der Waals surface area contributed by atoms with Crippen molar-refractivity contribution in [2.45, 2.75) is 6.92 Å². The summed E-state index contributed by atoms with van der Waals surface area (Å²) < 4.78 is 5.00. The van der Waals surface area contributed by atoms with Crippen LogP contribution in [0.1, 0.15) is 5.56 Å². The van der Waals surface area contributed by atoms with Gasteiger partial charge in [-0.15, -0.1) is 11.3 Å². The molecule has 0 amide bonds. The van der Waals surface area contributed by atoms with Crippen LogP contribution in [0.5, 0.6) is 0 Å². The highest BCUT2D eigenvalue weighted by atomic mass is 32.1. The molecule has 294 valence electrons. The average molecular weight is 820 g/mol. The molecule has 0 radical (unpaired) electrons. The molecular formula is C59H37N3S. The highest BCUT2D eigenvalue weighted by molar-refractivity contribution is 7.25. The van der Waals surface area contributed by atoms with Crippen molar-refractivity contribution in [3.8, 4) is 50.7 Å². The van der Waals surface area contributed by atoms with E-state index in [-0.39, 0.29) is 0 Å². The molecule has 0 spiro atoms. The number of thiophene rings is 1. The second-order valence-electron chi connectivity index (χ2n) is 16.6. The van der Waals surface area contributed by atoms with Crippen LogP contribution in [0.15, 0.2) is 206 Å². The van der Waals surface area contributed by atoms with E-state index in [4.69, 9.17) is 9.97 Å². The molecule has 0 saturated carbocycles. The zero-order valence-corrected chi connectivity index (χ0v) is 35.2. The summed E-state index contributed by atoms with van der Waals surface area (Å²) >= 11 is 1.86. The van der Waals surface area contributed by atoms with Crippen LogP contribution in [-0.4, -0.2) is 14.5 Å². The first-order valence-corrected chi connectivity index (χ1v) is 22.3. The molecule has 0 bridgehead atoms. The summed E-state index contributed by atoms with van der Waals surface area (Å²) in [7, 11) is 0. The predicted molar refractivity (Wildman–Crippen MR) is 268 cm³/mol. The summed E-state index contributed by atoms with van der Waals surface area (Å²) in [5.41, 5.74) is 11.2. The van der Waals surface area contributed by atoms with E-state index in [1.54, 1.807) is 0 Å². The number of rotatable bonds is 5. The Balaban J connectivity index is 1.12. The van der Waals surface area contributed by atoms with Crippen LogP contribution in [0.4, 0.5) is 0 Å². The normalized spacial score (nSPS) is 11.9. The van der Waals surface area contributed by atoms with Crippen molar-refractivity contribution >= 4 is 85.6 Å². The van der Waals surface area contributed by atoms with Gasteiger partial charge in [0.1, 0.15) is 5.82 Å². The first-order chi connectivity index (χ1) is 31.1. The molecule has 3 nitrogen and oxygen atoms in total. The minimum atomic E-state index is 0.691. The van der Waals surface area contributed by atoms with Crippen molar-refractivity contribution in [3.63, 3.8) is 0 Å². The summed E-state index contributed by atoms with van der Waals surface area (Å²) in [6.07, 6.45) is 0. The van der Waals surface area contributed by atoms with Crippen LogP contribution >= 0.6 is 11.3 Å². The molecule has 0 saturated heterocycles. The third-order valence-corrected chi connectivity index (χ3v) is 14.0. The van der Waals surface area contributed by atoms with Gasteiger partial charge in [-0.3, -0.25) is 4.57 Å². The molecule has 0 aliphatic carbocycles. The Morgan fingerprint density at radius 1 is 0.333 bits per heavy atom. The molecule has 3 aromatic heterocycles. The maximum absolute atomic E-state index is 5.39. The molecule has 0 N–H and O–H groups in total. The van der Waals surface area contributed by atoms with Gasteiger partial charge in [-0.05, 0) is 110 Å². The van der Waals surface area contributed by atoms with E-state index >= 15 is 0 Å². The lowest BCUT2D eigenvalue weighted by Crippen LogP contribution is -2.02. The molecule has 0 atom stereocenters. The topological polar surface area (TPSA) is 30.7 Å². The monoisotopic (exact) mass is 819 g/mol. The van der Waals surface area contributed by atoms with Gasteiger partial charge >= 0.3 is 0 Å². The van der Waals surface area contributed by atoms with Gasteiger partial charge in [0.25, 0.3) is 0 Å². The maximum atomic E-state index is 5.39. The van der Waals surface area contributed by atoms with Gasteiger partial charge in [0.05, 0.1) is 16.7 Å². The first-order valence-electron chi connectivity index (χ1n) is 21.5. The van der Waals surface area contributed by atoms with Crippen LogP contribution in [0.3, 0.4) is 0 Å². The molecule has 4 heteroatoms. The van der Waals surface area contributed by atoms with Gasteiger partial charge in [0.2, 0.25) is 0 Å². The van der Waals surface area contributed by atoms with Crippen molar-refractivity contribution in [2.24, 2.45) is 0 Å². The van der Waals surface area contributed by atoms with E-state index in [1.165, 1.54) is 91.1 Å². The number of benzene rings is 10. The third-order valence-electron chi connectivity index (χ3n) is 12.9. The van der Waals surface area contributed by atoms with Crippen molar-refractivity contribution in [2.75, 3.05) is 0 Å². The molecular weight excluding hydrogens is 783 g/mol. The van der Waals surface area contributed by atoms with Gasteiger partial charge < -0.3 is 0 Å². The number of aryl methyl sites for hydroxylation is 1. The average Bonchev–Trinajstić information content (AvgIpc) is 3.88. The zero-order chi connectivity index (χ0) is 41.6. The van der Waals surface area contributed by atoms with Gasteiger partial charge in [-0.1, -0.05) is 157 Å². The summed E-state index contributed by atoms with van der Waals surface area (Å²) in [4.78, 5) is 10.6. The maximum Gasteiger partial charge on any atom is 0.162 e. The number of fused-ring (bicyclic) bond motifs is 12. The molecule has 0 aliphatic heterocycles. The highest BCUT2D eigenvalue weighted by Crippen LogP contribution is 2.44. The van der Waals surface area contributed by atoms with Crippen molar-refractivity contribution in [3.05, 3.63) is 212 Å². The van der Waals surface area contributed by atoms with Crippen LogP contribution < -0.4 is 0 Å². The quantitative estimate of drug-likeness (QED) is 0.162. The second kappa shape index (κ2) is 14.1. The van der Waals surface area contributed by atoms with Gasteiger partial charge in [-0.2, -0.15) is 0 Å². The lowest BCUT2D eigenvalue weighted by atomic mass is 9.91. The minimum Gasteiger partial charge on any atom is -0.294 e. The van der Waals surface area contributed by atoms with E-state index in [0.29, 0.717) is 5.82 Å². The van der Waals surface area contributed by atoms with Crippen LogP contribution in [0, 0.1) is 6.92 Å². The van der Waals surface area contributed by atoms with Crippen molar-refractivity contribution in [1.29, 1.82) is 0 Å². The van der Waals surface area contributed by atoms with Crippen molar-refractivity contribution < 1.29 is 0 Å². The van der Waals surface area contributed by atoms with E-state index in [9.17, 15) is 0 Å². The Kier molecular flexibility index (Phi) is 7.99. The molecule has 63 heavy (non-hydrogen) atoms. The predicted octanol–water partition coefficient (Wildman–Crippen LogP) is 16.4. The number of nitrogens with zero attached hydrogens (tertiary/aromatic N) is 3. The van der Waals surface area contributed by atoms with E-state index < -0.39 is 0 Å². The summed E-state index contributed by atoms with van der Waals surface area (Å²) in [6, 6.07) is 75.2. The van der Waals surface area contributed by atoms with Gasteiger partial charge in [0.15, 0.2) is 5.82 Å². The van der Waals surface area contributed by atoms with Crippen LogP contribution in [0.25, 0.3) is 125 Å². The Bertz CT molecular complexity index is 3900. The van der Waals surface area contributed by atoms with Gasteiger partial charge in [-0.25, -0.2) is 9.97 Å². The molecule has 13 aromatic rings. The Hall–Kier alpha value is -7.92. The lowest BCUT2D eigenvalue weighted by molar-refractivity contribution is 1.05. The minimum absolute atomic E-state index is 0.691. The van der Waals surface area contributed by atoms with E-state index in [1.807, 2.05) is 17.4 Å². The zero-order valence-electron chi connectivity index (χ0n) is 34.4. The van der Waals surface area contributed by atoms with Crippen LogP contribution in [-0.2, 0) is 0 Å². The molecule has 0 aliphatic rings. The smallest absolute Gasteiger partial charge is 0.162 e. The third kappa shape index (κ3) is 5.80. The van der Waals surface area contributed by atoms with Crippen molar-refractivity contribution in [1.82, 2.24) is 14.5 Å². The molecule has 0 unspecified atom stereocenters. The highest BCUT2D eigenvalue weighted by Gasteiger charge is 2.20. The number of aromatic nitrogens is 3. The molecule has 10 aromatic carbocycles. The Morgan fingerprint density at radius 2 is 0.873 bits per heavy atom. The van der Waals surface area contributed by atoms with Crippen LogP contribution in [0.2, 0.25) is 0 Å². The van der Waals surface area contributed by atoms with E-state index in [2.05, 4.69) is 212 Å². The van der Waals surface area contributed by atoms with E-state index in [0.717, 1.165) is 33.7 Å². The fraction of sp³-hybridized carbons (Fsp3) is 0.0169. The van der Waals surface area contributed by atoms with Gasteiger partial charge in [0, 0.05) is 48.1 Å². The fourth-order valence-corrected chi connectivity index (χ4v) is 10.8. The summed E-state index contributed by atoms with van der Waals surface area (Å²) in [6.45, 7) is 2.14. The number of hydrogen-bond donors (Lipinski definition) is 0. The molecule has 0 fully saturated rings. The molecule has 13 rings (SSSR count). The second-order valence-corrected chi connectivity index (χ2v) is 17.7. The summed E-state index contributed by atoms with van der Waals surface area (Å²) in [5, 5.41) is 12.4. The number of hydrogen-bond acceptors (Lipinski definition) is 3. The molecule has 3 heterocycles. The standard InChI is InChI=1S/C59H37N3S/c1-36-20-22-37(23-21-36)40-25-28-54-50(31-40)51-33-48-47-30-41(42-26-29-57-52(32-42)46-18-10-11-19-56(46)63-57)24-27-45(47)43-16-8-9-17-44(43)49(48)34-55(51)62(54)58-35-53(38-12-4-2-5-13-38)60-59(61-58)39-14-6-3-7-15-39/h2-35H,1H3. The first kappa shape index (κ1) is 35.8. The SMILES string of the molecule is Cc1ccc(-c2ccc3c(c2)c2cc4c5cc(-c6ccc7sc8ccccc8c7c6)ccc5c5ccccc5c4cc2n3-c2cc(-c3ccccc3)nc(-c3ccccc3)n2)cc1.